The minimum absolute atomic E-state index is 0.105. The van der Waals surface area contributed by atoms with Gasteiger partial charge < -0.3 is 9.26 Å². The van der Waals surface area contributed by atoms with E-state index in [1.807, 2.05) is 0 Å². The summed E-state index contributed by atoms with van der Waals surface area (Å²) in [7, 11) is 0. The quantitative estimate of drug-likeness (QED) is 0.666. The molecule has 0 atom stereocenters. The first-order chi connectivity index (χ1) is 11.9. The number of aryl methyl sites for hydroxylation is 2. The van der Waals surface area contributed by atoms with Crippen LogP contribution in [0.4, 0.5) is 0 Å². The Morgan fingerprint density at radius 2 is 1.96 bits per heavy atom. The maximum absolute atomic E-state index is 12.2. The van der Waals surface area contributed by atoms with Gasteiger partial charge in [0.15, 0.2) is 0 Å². The summed E-state index contributed by atoms with van der Waals surface area (Å²) in [5.41, 5.74) is 0.889. The van der Waals surface area contributed by atoms with Crippen molar-refractivity contribution in [1.29, 1.82) is 0 Å². The minimum atomic E-state index is -0.826. The van der Waals surface area contributed by atoms with Crippen LogP contribution in [-0.4, -0.2) is 20.9 Å². The Morgan fingerprint density at radius 1 is 1.24 bits per heavy atom. The fourth-order valence-corrected chi connectivity index (χ4v) is 2.35. The first-order valence-corrected chi connectivity index (χ1v) is 7.78. The van der Waals surface area contributed by atoms with Crippen LogP contribution < -0.4 is 5.43 Å². The molecular weight excluding hydrogens is 346 g/mol. The van der Waals surface area contributed by atoms with Crippen LogP contribution in [-0.2, 0) is 11.3 Å². The molecule has 0 bridgehead atoms. The third kappa shape index (κ3) is 3.77. The van der Waals surface area contributed by atoms with E-state index in [-0.39, 0.29) is 12.3 Å². The lowest BCUT2D eigenvalue weighted by Gasteiger charge is -2.11. The van der Waals surface area contributed by atoms with Crippen LogP contribution in [0.1, 0.15) is 27.6 Å². The molecule has 0 aliphatic rings. The van der Waals surface area contributed by atoms with Gasteiger partial charge in [0.05, 0.1) is 5.69 Å². The van der Waals surface area contributed by atoms with Crippen molar-refractivity contribution in [3.63, 3.8) is 0 Å². The summed E-state index contributed by atoms with van der Waals surface area (Å²) in [6, 6.07) is 9.84. The summed E-state index contributed by atoms with van der Waals surface area (Å²) in [6.45, 7) is 3.34. The Morgan fingerprint density at radius 3 is 2.60 bits per heavy atom. The van der Waals surface area contributed by atoms with Gasteiger partial charge in [0, 0.05) is 22.8 Å². The van der Waals surface area contributed by atoms with Crippen molar-refractivity contribution in [1.82, 2.24) is 14.9 Å². The monoisotopic (exact) mass is 359 g/mol. The number of hydrogen-bond acceptors (Lipinski definition) is 6. The number of rotatable bonds is 4. The van der Waals surface area contributed by atoms with Crippen molar-refractivity contribution in [3.8, 4) is 5.69 Å². The molecule has 8 heteroatoms. The smallest absolute Gasteiger partial charge is 0.363 e. The van der Waals surface area contributed by atoms with Crippen molar-refractivity contribution < 1.29 is 14.1 Å². The fraction of sp³-hybridized carbons (Fsp3) is 0.176. The van der Waals surface area contributed by atoms with E-state index < -0.39 is 11.4 Å². The Labute approximate surface area is 147 Å². The van der Waals surface area contributed by atoms with Crippen LogP contribution in [0, 0.1) is 13.8 Å². The van der Waals surface area contributed by atoms with Crippen molar-refractivity contribution in [2.75, 3.05) is 0 Å². The molecule has 1 aromatic carbocycles. The predicted octanol–water partition coefficient (Wildman–Crippen LogP) is 2.85. The molecule has 0 aliphatic heterocycles. The average Bonchev–Trinajstić information content (AvgIpc) is 2.99. The number of carbonyl (C=O) groups is 1. The Kier molecular flexibility index (Phi) is 4.67. The molecule has 7 nitrogen and oxygen atoms in total. The summed E-state index contributed by atoms with van der Waals surface area (Å²) >= 11 is 5.88. The van der Waals surface area contributed by atoms with E-state index in [9.17, 15) is 9.59 Å². The van der Waals surface area contributed by atoms with Gasteiger partial charge in [-0.05, 0) is 38.1 Å². The number of nitrogens with zero attached hydrogens (tertiary/aromatic N) is 3. The van der Waals surface area contributed by atoms with Crippen LogP contribution in [0.3, 0.4) is 0 Å². The van der Waals surface area contributed by atoms with Crippen molar-refractivity contribution in [2.24, 2.45) is 0 Å². The first kappa shape index (κ1) is 16.9. The molecule has 0 spiro atoms. The minimum Gasteiger partial charge on any atom is -0.454 e. The van der Waals surface area contributed by atoms with E-state index in [2.05, 4.69) is 10.3 Å². The van der Waals surface area contributed by atoms with E-state index in [1.165, 1.54) is 10.7 Å². The molecule has 0 saturated heterocycles. The van der Waals surface area contributed by atoms with Crippen molar-refractivity contribution in [2.45, 2.75) is 20.5 Å². The zero-order valence-corrected chi connectivity index (χ0v) is 14.3. The highest BCUT2D eigenvalue weighted by Crippen LogP contribution is 2.14. The SMILES string of the molecule is Cc1cc(COC(=O)c2nn(-c3ccc(Cl)cc3)c(C)cc2=O)no1. The largest absolute Gasteiger partial charge is 0.454 e. The van der Waals surface area contributed by atoms with Gasteiger partial charge >= 0.3 is 5.97 Å². The molecular formula is C17H14ClN3O4. The first-order valence-electron chi connectivity index (χ1n) is 7.40. The topological polar surface area (TPSA) is 87.2 Å². The maximum Gasteiger partial charge on any atom is 0.363 e. The summed E-state index contributed by atoms with van der Waals surface area (Å²) in [4.78, 5) is 24.3. The number of carbonyl (C=O) groups excluding carboxylic acids is 1. The second-order valence-electron chi connectivity index (χ2n) is 5.39. The van der Waals surface area contributed by atoms with Crippen molar-refractivity contribution >= 4 is 17.6 Å². The molecule has 25 heavy (non-hydrogen) atoms. The van der Waals surface area contributed by atoms with Crippen LogP contribution in [0.2, 0.25) is 5.02 Å². The highest BCUT2D eigenvalue weighted by Gasteiger charge is 2.17. The van der Waals surface area contributed by atoms with E-state index in [4.69, 9.17) is 20.9 Å². The van der Waals surface area contributed by atoms with Gasteiger partial charge in [0.2, 0.25) is 11.1 Å². The third-order valence-corrected chi connectivity index (χ3v) is 3.65. The van der Waals surface area contributed by atoms with Crippen LogP contribution in [0.15, 0.2) is 45.7 Å². The lowest BCUT2D eigenvalue weighted by molar-refractivity contribution is 0.0453. The van der Waals surface area contributed by atoms with Gasteiger partial charge in [-0.25, -0.2) is 9.48 Å². The van der Waals surface area contributed by atoms with E-state index in [0.717, 1.165) is 0 Å². The van der Waals surface area contributed by atoms with Crippen molar-refractivity contribution in [3.05, 3.63) is 74.5 Å². The third-order valence-electron chi connectivity index (χ3n) is 3.40. The van der Waals surface area contributed by atoms with E-state index in [1.54, 1.807) is 44.2 Å². The highest BCUT2D eigenvalue weighted by molar-refractivity contribution is 6.30. The van der Waals surface area contributed by atoms with E-state index in [0.29, 0.717) is 27.9 Å². The molecule has 3 aromatic rings. The molecule has 0 aliphatic carbocycles. The summed E-state index contributed by atoms with van der Waals surface area (Å²) < 4.78 is 11.5. The van der Waals surface area contributed by atoms with Gasteiger partial charge in [-0.2, -0.15) is 5.10 Å². The number of hydrogen-bond donors (Lipinski definition) is 0. The van der Waals surface area contributed by atoms with Gasteiger partial charge in [-0.1, -0.05) is 16.8 Å². The van der Waals surface area contributed by atoms with Crippen LogP contribution in [0.25, 0.3) is 5.69 Å². The number of benzene rings is 1. The van der Waals surface area contributed by atoms with Gasteiger partial charge in [-0.15, -0.1) is 0 Å². The lowest BCUT2D eigenvalue weighted by atomic mass is 10.3. The molecule has 0 radical (unpaired) electrons. The zero-order valence-electron chi connectivity index (χ0n) is 13.5. The van der Waals surface area contributed by atoms with E-state index >= 15 is 0 Å². The molecule has 3 rings (SSSR count). The summed E-state index contributed by atoms with van der Waals surface area (Å²) in [5.74, 6) is -0.224. The second kappa shape index (κ2) is 6.90. The second-order valence-corrected chi connectivity index (χ2v) is 5.83. The summed E-state index contributed by atoms with van der Waals surface area (Å²) in [6.07, 6.45) is 0. The van der Waals surface area contributed by atoms with Gasteiger partial charge in [0.25, 0.3) is 0 Å². The Bertz CT molecular complexity index is 976. The molecule has 2 heterocycles. The highest BCUT2D eigenvalue weighted by atomic mass is 35.5. The normalized spacial score (nSPS) is 10.7. The molecule has 0 unspecified atom stereocenters. The number of ether oxygens (including phenoxy) is 1. The molecule has 2 aromatic heterocycles. The molecule has 128 valence electrons. The Balaban J connectivity index is 1.87. The maximum atomic E-state index is 12.2. The standard InChI is InChI=1S/C17H14ClN3O4/c1-10-7-15(22)16(17(23)24-9-13-8-11(2)25-20-13)19-21(10)14-5-3-12(18)4-6-14/h3-8H,9H2,1-2H3. The predicted molar refractivity (Wildman–Crippen MR) is 89.9 cm³/mol. The summed E-state index contributed by atoms with van der Waals surface area (Å²) in [5, 5.41) is 8.43. The van der Waals surface area contributed by atoms with Gasteiger partial charge in [0.1, 0.15) is 18.1 Å². The molecule has 0 fully saturated rings. The zero-order chi connectivity index (χ0) is 18.0. The lowest BCUT2D eigenvalue weighted by Crippen LogP contribution is -2.24. The van der Waals surface area contributed by atoms with Gasteiger partial charge in [-0.3, -0.25) is 4.79 Å². The van der Waals surface area contributed by atoms with Crippen LogP contribution in [0.5, 0.6) is 0 Å². The number of aromatic nitrogens is 3. The molecule has 0 N–H and O–H groups in total. The molecule has 0 saturated carbocycles. The fourth-order valence-electron chi connectivity index (χ4n) is 2.23. The average molecular weight is 360 g/mol. The Hall–Kier alpha value is -2.93. The molecule has 0 amide bonds. The number of esters is 1. The number of halogens is 1. The van der Waals surface area contributed by atoms with Crippen LogP contribution >= 0.6 is 11.6 Å².